The lowest BCUT2D eigenvalue weighted by molar-refractivity contribution is 0.0687. The molecule has 0 heterocycles. The van der Waals surface area contributed by atoms with Crippen LogP contribution in [0.2, 0.25) is 0 Å². The van der Waals surface area contributed by atoms with E-state index in [0.29, 0.717) is 25.7 Å². The molecule has 0 aliphatic rings. The molecule has 0 rings (SSSR count). The molecule has 0 bridgehead atoms. The lowest BCUT2D eigenvalue weighted by atomic mass is 10.1. The Hall–Kier alpha value is -0.630. The lowest BCUT2D eigenvalue weighted by Gasteiger charge is -2.13. The summed E-state index contributed by atoms with van der Waals surface area (Å²) in [7, 11) is 1.67. The molecule has 0 saturated carbocycles. The Balaban J connectivity index is 3.16. The summed E-state index contributed by atoms with van der Waals surface area (Å²) in [6.07, 6.45) is 3.76. The minimum Gasteiger partial charge on any atom is -0.382 e. The molecule has 0 fully saturated rings. The van der Waals surface area contributed by atoms with Crippen molar-refractivity contribution in [1.29, 1.82) is 5.26 Å². The van der Waals surface area contributed by atoms with Crippen LogP contribution in [0.4, 0.5) is 0 Å². The summed E-state index contributed by atoms with van der Waals surface area (Å²) in [6.45, 7) is 5.20. The van der Waals surface area contributed by atoms with Gasteiger partial charge in [-0.3, -0.25) is 0 Å². The van der Waals surface area contributed by atoms with Crippen LogP contribution < -0.4 is 5.32 Å². The number of methoxy groups -OCH3 is 1. The molecule has 16 heavy (non-hydrogen) atoms. The molecule has 0 amide bonds. The SMILES string of the molecule is CCC(CC#N)NCCCCOCCOC. The van der Waals surface area contributed by atoms with Gasteiger partial charge in [0.2, 0.25) is 0 Å². The lowest BCUT2D eigenvalue weighted by Crippen LogP contribution is -2.29. The maximum absolute atomic E-state index is 8.57. The Morgan fingerprint density at radius 1 is 1.25 bits per heavy atom. The minimum absolute atomic E-state index is 0.347. The average Bonchev–Trinajstić information content (AvgIpc) is 2.31. The van der Waals surface area contributed by atoms with Crippen LogP contribution in [-0.4, -0.2) is 39.5 Å². The van der Waals surface area contributed by atoms with Gasteiger partial charge >= 0.3 is 0 Å². The van der Waals surface area contributed by atoms with Crippen molar-refractivity contribution in [2.45, 2.75) is 38.6 Å². The monoisotopic (exact) mass is 228 g/mol. The molecule has 0 aromatic rings. The van der Waals surface area contributed by atoms with Crippen molar-refractivity contribution >= 4 is 0 Å². The molecule has 4 nitrogen and oxygen atoms in total. The standard InChI is InChI=1S/C12H24N2O2/c1-3-12(6-7-13)14-8-4-5-9-16-11-10-15-2/h12,14H,3-6,8-11H2,1-2H3. The molecule has 0 aromatic heterocycles. The Bertz CT molecular complexity index is 180. The number of nitriles is 1. The molecular weight excluding hydrogens is 204 g/mol. The molecule has 0 spiro atoms. The first-order valence-corrected chi connectivity index (χ1v) is 6.02. The maximum atomic E-state index is 8.57. The third-order valence-corrected chi connectivity index (χ3v) is 2.41. The van der Waals surface area contributed by atoms with Gasteiger partial charge in [-0.15, -0.1) is 0 Å². The van der Waals surface area contributed by atoms with Crippen LogP contribution in [0.3, 0.4) is 0 Å². The van der Waals surface area contributed by atoms with E-state index in [-0.39, 0.29) is 0 Å². The van der Waals surface area contributed by atoms with E-state index in [9.17, 15) is 0 Å². The molecule has 4 heteroatoms. The quantitative estimate of drug-likeness (QED) is 0.547. The van der Waals surface area contributed by atoms with E-state index in [0.717, 1.165) is 32.4 Å². The molecule has 0 radical (unpaired) electrons. The van der Waals surface area contributed by atoms with E-state index in [1.165, 1.54) is 0 Å². The largest absolute Gasteiger partial charge is 0.382 e. The van der Waals surface area contributed by atoms with Crippen LogP contribution >= 0.6 is 0 Å². The number of hydrogen-bond donors (Lipinski definition) is 1. The highest BCUT2D eigenvalue weighted by Gasteiger charge is 2.02. The molecule has 0 aliphatic heterocycles. The molecular formula is C12H24N2O2. The van der Waals surface area contributed by atoms with E-state index in [2.05, 4.69) is 18.3 Å². The Kier molecular flexibility index (Phi) is 11.9. The van der Waals surface area contributed by atoms with Crippen LogP contribution in [0.15, 0.2) is 0 Å². The van der Waals surface area contributed by atoms with Gasteiger partial charge in [0.1, 0.15) is 0 Å². The first kappa shape index (κ1) is 15.4. The minimum atomic E-state index is 0.347. The van der Waals surface area contributed by atoms with E-state index in [1.807, 2.05) is 0 Å². The van der Waals surface area contributed by atoms with Crippen LogP contribution in [-0.2, 0) is 9.47 Å². The van der Waals surface area contributed by atoms with E-state index in [1.54, 1.807) is 7.11 Å². The molecule has 0 saturated heterocycles. The number of nitrogens with one attached hydrogen (secondary N) is 1. The highest BCUT2D eigenvalue weighted by atomic mass is 16.5. The van der Waals surface area contributed by atoms with Gasteiger partial charge in [-0.25, -0.2) is 0 Å². The van der Waals surface area contributed by atoms with E-state index in [4.69, 9.17) is 14.7 Å². The normalized spacial score (nSPS) is 12.3. The zero-order valence-electron chi connectivity index (χ0n) is 10.5. The van der Waals surface area contributed by atoms with Gasteiger partial charge in [0, 0.05) is 19.8 Å². The summed E-state index contributed by atoms with van der Waals surface area (Å²) in [4.78, 5) is 0. The van der Waals surface area contributed by atoms with Crippen molar-refractivity contribution in [3.8, 4) is 6.07 Å². The summed E-state index contributed by atoms with van der Waals surface area (Å²) in [5, 5.41) is 11.9. The number of nitrogens with zero attached hydrogens (tertiary/aromatic N) is 1. The smallest absolute Gasteiger partial charge is 0.0700 e. The number of hydrogen-bond acceptors (Lipinski definition) is 4. The molecule has 0 aliphatic carbocycles. The predicted molar refractivity (Wildman–Crippen MR) is 64.2 cm³/mol. The molecule has 94 valence electrons. The number of unbranched alkanes of at least 4 members (excludes halogenated alkanes) is 1. The van der Waals surface area contributed by atoms with Gasteiger partial charge in [-0.2, -0.15) is 5.26 Å². The topological polar surface area (TPSA) is 54.3 Å². The van der Waals surface area contributed by atoms with Crippen LogP contribution in [0, 0.1) is 11.3 Å². The fourth-order valence-electron chi connectivity index (χ4n) is 1.35. The second-order valence-corrected chi connectivity index (χ2v) is 3.73. The highest BCUT2D eigenvalue weighted by molar-refractivity contribution is 4.79. The zero-order valence-corrected chi connectivity index (χ0v) is 10.5. The van der Waals surface area contributed by atoms with Crippen molar-refractivity contribution in [2.24, 2.45) is 0 Å². The van der Waals surface area contributed by atoms with Crippen molar-refractivity contribution in [2.75, 3.05) is 33.5 Å². The molecule has 0 aromatic carbocycles. The average molecular weight is 228 g/mol. The van der Waals surface area contributed by atoms with Crippen LogP contribution in [0.5, 0.6) is 0 Å². The van der Waals surface area contributed by atoms with Gasteiger partial charge in [0.15, 0.2) is 0 Å². The summed E-state index contributed by atoms with van der Waals surface area (Å²) >= 11 is 0. The Labute approximate surface area is 98.9 Å². The highest BCUT2D eigenvalue weighted by Crippen LogP contribution is 1.97. The number of rotatable bonds is 11. The van der Waals surface area contributed by atoms with Crippen molar-refractivity contribution < 1.29 is 9.47 Å². The van der Waals surface area contributed by atoms with Crippen LogP contribution in [0.1, 0.15) is 32.6 Å². The third kappa shape index (κ3) is 9.91. The van der Waals surface area contributed by atoms with E-state index >= 15 is 0 Å². The fourth-order valence-corrected chi connectivity index (χ4v) is 1.35. The van der Waals surface area contributed by atoms with Gasteiger partial charge in [0.05, 0.1) is 25.7 Å². The van der Waals surface area contributed by atoms with Crippen LogP contribution in [0.25, 0.3) is 0 Å². The summed E-state index contributed by atoms with van der Waals surface area (Å²) in [5.41, 5.74) is 0. The maximum Gasteiger partial charge on any atom is 0.0700 e. The Morgan fingerprint density at radius 2 is 2.06 bits per heavy atom. The van der Waals surface area contributed by atoms with Gasteiger partial charge in [-0.05, 0) is 25.8 Å². The Morgan fingerprint density at radius 3 is 2.69 bits per heavy atom. The molecule has 1 N–H and O–H groups in total. The second kappa shape index (κ2) is 12.4. The number of ether oxygens (including phenoxy) is 2. The first-order chi connectivity index (χ1) is 7.85. The first-order valence-electron chi connectivity index (χ1n) is 6.02. The van der Waals surface area contributed by atoms with Crippen molar-refractivity contribution in [3.05, 3.63) is 0 Å². The predicted octanol–water partition coefficient (Wildman–Crippen LogP) is 1.71. The van der Waals surface area contributed by atoms with Gasteiger partial charge in [-0.1, -0.05) is 6.92 Å². The summed E-state index contributed by atoms with van der Waals surface area (Å²) < 4.78 is 10.2. The van der Waals surface area contributed by atoms with Gasteiger partial charge in [0.25, 0.3) is 0 Å². The second-order valence-electron chi connectivity index (χ2n) is 3.73. The summed E-state index contributed by atoms with van der Waals surface area (Å²) in [5.74, 6) is 0. The van der Waals surface area contributed by atoms with Crippen molar-refractivity contribution in [1.82, 2.24) is 5.32 Å². The molecule has 1 atom stereocenters. The molecule has 1 unspecified atom stereocenters. The van der Waals surface area contributed by atoms with E-state index < -0.39 is 0 Å². The summed E-state index contributed by atoms with van der Waals surface area (Å²) in [6, 6.07) is 2.54. The van der Waals surface area contributed by atoms with Gasteiger partial charge < -0.3 is 14.8 Å². The zero-order chi connectivity index (χ0) is 12.1. The fraction of sp³-hybridized carbons (Fsp3) is 0.917. The van der Waals surface area contributed by atoms with Crippen molar-refractivity contribution in [3.63, 3.8) is 0 Å². The third-order valence-electron chi connectivity index (χ3n) is 2.41.